The van der Waals surface area contributed by atoms with E-state index in [4.69, 9.17) is 8.83 Å². The summed E-state index contributed by atoms with van der Waals surface area (Å²) >= 11 is 3.43. The standard InChI is InChI=1S/C26H18BrNO4/c1-14-11-15(2)24-18(12-14)19(13-22(29)32-24)25-23(17-8-4-6-10-21(17)31-25)28-26(30)16-7-3-5-9-20(16)27/h3-13H,1-2H3,(H,28,30). The lowest BCUT2D eigenvalue weighted by Gasteiger charge is -2.10. The van der Waals surface area contributed by atoms with Crippen molar-refractivity contribution in [3.05, 3.63) is 98.3 Å². The quantitative estimate of drug-likeness (QED) is 0.282. The van der Waals surface area contributed by atoms with E-state index in [0.717, 1.165) is 21.9 Å². The Labute approximate surface area is 191 Å². The molecule has 3 aromatic carbocycles. The minimum Gasteiger partial charge on any atom is -0.454 e. The molecule has 0 aliphatic rings. The van der Waals surface area contributed by atoms with Crippen LogP contribution in [0.5, 0.6) is 0 Å². The van der Waals surface area contributed by atoms with Gasteiger partial charge in [0, 0.05) is 26.9 Å². The summed E-state index contributed by atoms with van der Waals surface area (Å²) < 4.78 is 12.4. The first kappa shape index (κ1) is 20.3. The van der Waals surface area contributed by atoms with Gasteiger partial charge in [0.05, 0.1) is 11.3 Å². The molecule has 0 fully saturated rings. The zero-order valence-electron chi connectivity index (χ0n) is 17.4. The lowest BCUT2D eigenvalue weighted by Crippen LogP contribution is -2.13. The third-order valence-corrected chi connectivity index (χ3v) is 6.06. The highest BCUT2D eigenvalue weighted by atomic mass is 79.9. The van der Waals surface area contributed by atoms with Gasteiger partial charge in [-0.15, -0.1) is 0 Å². The average molecular weight is 488 g/mol. The number of anilines is 1. The van der Waals surface area contributed by atoms with Crippen molar-refractivity contribution in [3.8, 4) is 11.3 Å². The van der Waals surface area contributed by atoms with E-state index < -0.39 is 5.63 Å². The first-order valence-corrected chi connectivity index (χ1v) is 10.8. The smallest absolute Gasteiger partial charge is 0.336 e. The van der Waals surface area contributed by atoms with E-state index in [0.29, 0.717) is 38.2 Å². The second-order valence-electron chi connectivity index (χ2n) is 7.67. The molecule has 2 aromatic heterocycles. The number of para-hydroxylation sites is 1. The summed E-state index contributed by atoms with van der Waals surface area (Å²) in [5.74, 6) is 0.124. The summed E-state index contributed by atoms with van der Waals surface area (Å²) in [5.41, 5.74) is 4.08. The van der Waals surface area contributed by atoms with E-state index in [1.807, 2.05) is 62.4 Å². The predicted octanol–water partition coefficient (Wildman–Crippen LogP) is 6.84. The number of hydrogen-bond donors (Lipinski definition) is 1. The lowest BCUT2D eigenvalue weighted by molar-refractivity contribution is 0.102. The Balaban J connectivity index is 1.77. The van der Waals surface area contributed by atoms with Crippen molar-refractivity contribution in [2.75, 3.05) is 5.32 Å². The van der Waals surface area contributed by atoms with Crippen molar-refractivity contribution < 1.29 is 13.6 Å². The number of halogens is 1. The second-order valence-corrected chi connectivity index (χ2v) is 8.53. The number of aryl methyl sites for hydroxylation is 2. The van der Waals surface area contributed by atoms with E-state index in [2.05, 4.69) is 21.2 Å². The van der Waals surface area contributed by atoms with Crippen molar-refractivity contribution in [2.45, 2.75) is 13.8 Å². The molecule has 5 rings (SSSR count). The van der Waals surface area contributed by atoms with Crippen LogP contribution in [0.2, 0.25) is 0 Å². The highest BCUT2D eigenvalue weighted by Gasteiger charge is 2.22. The van der Waals surface area contributed by atoms with E-state index >= 15 is 0 Å². The van der Waals surface area contributed by atoms with Gasteiger partial charge in [0.15, 0.2) is 5.76 Å². The molecule has 0 saturated carbocycles. The summed E-state index contributed by atoms with van der Waals surface area (Å²) in [6, 6.07) is 20.0. The first-order valence-electron chi connectivity index (χ1n) is 10.1. The molecule has 2 heterocycles. The van der Waals surface area contributed by atoms with Gasteiger partial charge in [0.2, 0.25) is 0 Å². The van der Waals surface area contributed by atoms with Gasteiger partial charge >= 0.3 is 5.63 Å². The van der Waals surface area contributed by atoms with Gasteiger partial charge in [0.1, 0.15) is 11.2 Å². The zero-order chi connectivity index (χ0) is 22.4. The number of benzene rings is 3. The fourth-order valence-electron chi connectivity index (χ4n) is 3.99. The molecule has 1 N–H and O–H groups in total. The molecule has 158 valence electrons. The van der Waals surface area contributed by atoms with Crippen LogP contribution in [0.4, 0.5) is 5.69 Å². The summed E-state index contributed by atoms with van der Waals surface area (Å²) in [4.78, 5) is 25.6. The van der Waals surface area contributed by atoms with Gasteiger partial charge in [0.25, 0.3) is 5.91 Å². The van der Waals surface area contributed by atoms with Crippen LogP contribution in [0.15, 0.2) is 84.8 Å². The maximum absolute atomic E-state index is 13.1. The molecule has 0 atom stereocenters. The third kappa shape index (κ3) is 3.42. The van der Waals surface area contributed by atoms with E-state index in [1.165, 1.54) is 6.07 Å². The monoisotopic (exact) mass is 487 g/mol. The zero-order valence-corrected chi connectivity index (χ0v) is 18.9. The Morgan fingerprint density at radius 2 is 1.66 bits per heavy atom. The summed E-state index contributed by atoms with van der Waals surface area (Å²) in [6.07, 6.45) is 0. The van der Waals surface area contributed by atoms with E-state index in [1.54, 1.807) is 12.1 Å². The third-order valence-electron chi connectivity index (χ3n) is 5.37. The molecular weight excluding hydrogens is 470 g/mol. The van der Waals surface area contributed by atoms with Crippen LogP contribution in [-0.2, 0) is 0 Å². The molecule has 32 heavy (non-hydrogen) atoms. The van der Waals surface area contributed by atoms with Crippen LogP contribution >= 0.6 is 15.9 Å². The molecule has 6 heteroatoms. The van der Waals surface area contributed by atoms with E-state index in [9.17, 15) is 9.59 Å². The molecule has 0 saturated heterocycles. The number of furan rings is 1. The Morgan fingerprint density at radius 1 is 0.906 bits per heavy atom. The molecule has 0 radical (unpaired) electrons. The number of rotatable bonds is 3. The number of nitrogens with one attached hydrogen (secondary N) is 1. The van der Waals surface area contributed by atoms with Crippen molar-refractivity contribution in [2.24, 2.45) is 0 Å². The van der Waals surface area contributed by atoms with Gasteiger partial charge < -0.3 is 14.2 Å². The normalized spacial score (nSPS) is 11.2. The minimum absolute atomic E-state index is 0.287. The summed E-state index contributed by atoms with van der Waals surface area (Å²) in [7, 11) is 0. The number of carbonyl (C=O) groups excluding carboxylic acids is 1. The molecule has 0 aliphatic heterocycles. The predicted molar refractivity (Wildman–Crippen MR) is 129 cm³/mol. The summed E-state index contributed by atoms with van der Waals surface area (Å²) in [6.45, 7) is 3.88. The van der Waals surface area contributed by atoms with Gasteiger partial charge in [-0.3, -0.25) is 4.79 Å². The molecule has 5 nitrogen and oxygen atoms in total. The van der Waals surface area contributed by atoms with E-state index in [-0.39, 0.29) is 5.91 Å². The van der Waals surface area contributed by atoms with Gasteiger partial charge in [-0.2, -0.15) is 0 Å². The van der Waals surface area contributed by atoms with Crippen LogP contribution in [-0.4, -0.2) is 5.91 Å². The first-order chi connectivity index (χ1) is 15.4. The molecular formula is C26H18BrNO4. The van der Waals surface area contributed by atoms with Gasteiger partial charge in [-0.1, -0.05) is 30.3 Å². The van der Waals surface area contributed by atoms with Crippen LogP contribution in [0, 0.1) is 13.8 Å². The van der Waals surface area contributed by atoms with Crippen LogP contribution in [0.25, 0.3) is 33.3 Å². The minimum atomic E-state index is -0.483. The van der Waals surface area contributed by atoms with Crippen molar-refractivity contribution >= 4 is 49.5 Å². The highest BCUT2D eigenvalue weighted by molar-refractivity contribution is 9.10. The van der Waals surface area contributed by atoms with Crippen molar-refractivity contribution in [3.63, 3.8) is 0 Å². The molecule has 0 unspecified atom stereocenters. The largest absolute Gasteiger partial charge is 0.454 e. The van der Waals surface area contributed by atoms with Gasteiger partial charge in [-0.25, -0.2) is 4.79 Å². The fraction of sp³-hybridized carbons (Fsp3) is 0.0769. The lowest BCUT2D eigenvalue weighted by atomic mass is 10.0. The molecule has 1 amide bonds. The van der Waals surface area contributed by atoms with Crippen LogP contribution in [0.3, 0.4) is 0 Å². The molecule has 0 spiro atoms. The number of fused-ring (bicyclic) bond motifs is 2. The number of carbonyl (C=O) groups is 1. The van der Waals surface area contributed by atoms with Crippen LogP contribution < -0.4 is 10.9 Å². The Kier molecular flexibility index (Phi) is 4.94. The Morgan fingerprint density at radius 3 is 2.47 bits per heavy atom. The van der Waals surface area contributed by atoms with Gasteiger partial charge in [-0.05, 0) is 71.2 Å². The average Bonchev–Trinajstić information content (AvgIpc) is 3.12. The topological polar surface area (TPSA) is 72.5 Å². The van der Waals surface area contributed by atoms with Crippen LogP contribution in [0.1, 0.15) is 21.5 Å². The second kappa shape index (κ2) is 7.80. The fourth-order valence-corrected chi connectivity index (χ4v) is 4.45. The number of amides is 1. The molecule has 5 aromatic rings. The van der Waals surface area contributed by atoms with Crippen molar-refractivity contribution in [1.29, 1.82) is 0 Å². The summed E-state index contributed by atoms with van der Waals surface area (Å²) in [5, 5.41) is 4.50. The Bertz CT molecular complexity index is 1580. The maximum atomic E-state index is 13.1. The molecule has 0 bridgehead atoms. The highest BCUT2D eigenvalue weighted by Crippen LogP contribution is 2.41. The number of hydrogen-bond acceptors (Lipinski definition) is 4. The maximum Gasteiger partial charge on any atom is 0.336 e. The van der Waals surface area contributed by atoms with Crippen molar-refractivity contribution in [1.82, 2.24) is 0 Å². The SMILES string of the molecule is Cc1cc(C)c2oc(=O)cc(-c3oc4ccccc4c3NC(=O)c3ccccc3Br)c2c1. The molecule has 0 aliphatic carbocycles. The Hall–Kier alpha value is -3.64.